The van der Waals surface area contributed by atoms with Crippen LogP contribution in [0.15, 0.2) is 54.6 Å². The SMILES string of the molecule is COC(=O)c1ccc(Cl)c(Nc2nc(C)cc(NCc3ccccc3)n2)c1. The first-order valence-electron chi connectivity index (χ1n) is 8.33. The number of carbonyl (C=O) groups excluding carboxylic acids is 1. The summed E-state index contributed by atoms with van der Waals surface area (Å²) in [6.07, 6.45) is 0. The first kappa shape index (κ1) is 18.7. The maximum absolute atomic E-state index is 11.7. The highest BCUT2D eigenvalue weighted by Gasteiger charge is 2.11. The molecule has 7 heteroatoms. The van der Waals surface area contributed by atoms with Crippen LogP contribution in [0.5, 0.6) is 0 Å². The van der Waals surface area contributed by atoms with Crippen molar-refractivity contribution in [2.45, 2.75) is 13.5 Å². The molecule has 2 aromatic carbocycles. The van der Waals surface area contributed by atoms with Crippen molar-refractivity contribution in [2.75, 3.05) is 17.7 Å². The second kappa shape index (κ2) is 8.51. The van der Waals surface area contributed by atoms with E-state index in [1.54, 1.807) is 18.2 Å². The highest BCUT2D eigenvalue weighted by molar-refractivity contribution is 6.33. The highest BCUT2D eigenvalue weighted by atomic mass is 35.5. The average Bonchev–Trinajstić information content (AvgIpc) is 2.68. The molecule has 0 fully saturated rings. The number of anilines is 3. The standard InChI is InChI=1S/C20H19ClN4O2/c1-13-10-18(22-12-14-6-4-3-5-7-14)25-20(23-13)24-17-11-15(19(26)27-2)8-9-16(17)21/h3-11H,12H2,1-2H3,(H2,22,23,24,25). The zero-order valence-corrected chi connectivity index (χ0v) is 15.7. The fourth-order valence-electron chi connectivity index (χ4n) is 2.49. The summed E-state index contributed by atoms with van der Waals surface area (Å²) in [4.78, 5) is 20.6. The first-order valence-corrected chi connectivity index (χ1v) is 8.71. The van der Waals surface area contributed by atoms with Gasteiger partial charge in [-0.1, -0.05) is 41.9 Å². The van der Waals surface area contributed by atoms with Crippen LogP contribution in [0.25, 0.3) is 0 Å². The van der Waals surface area contributed by atoms with Gasteiger partial charge in [-0.2, -0.15) is 4.98 Å². The van der Waals surface area contributed by atoms with Crippen LogP contribution >= 0.6 is 11.6 Å². The van der Waals surface area contributed by atoms with Crippen molar-refractivity contribution in [3.05, 3.63) is 76.4 Å². The Kier molecular flexibility index (Phi) is 5.88. The molecule has 0 aliphatic heterocycles. The molecule has 0 amide bonds. The lowest BCUT2D eigenvalue weighted by atomic mass is 10.2. The van der Waals surface area contributed by atoms with Crippen LogP contribution in [0.4, 0.5) is 17.5 Å². The quantitative estimate of drug-likeness (QED) is 0.608. The third kappa shape index (κ3) is 4.95. The number of aryl methyl sites for hydroxylation is 1. The molecule has 0 saturated heterocycles. The van der Waals surface area contributed by atoms with Crippen molar-refractivity contribution < 1.29 is 9.53 Å². The number of ether oxygens (including phenoxy) is 1. The van der Waals surface area contributed by atoms with Crippen LogP contribution in [0.1, 0.15) is 21.6 Å². The van der Waals surface area contributed by atoms with Gasteiger partial charge in [0.15, 0.2) is 0 Å². The van der Waals surface area contributed by atoms with Crippen LogP contribution < -0.4 is 10.6 Å². The Hall–Kier alpha value is -3.12. The second-order valence-electron chi connectivity index (χ2n) is 5.87. The number of esters is 1. The molecule has 1 heterocycles. The molecule has 3 rings (SSSR count). The van der Waals surface area contributed by atoms with Gasteiger partial charge in [0.2, 0.25) is 5.95 Å². The normalized spacial score (nSPS) is 10.3. The van der Waals surface area contributed by atoms with Crippen molar-refractivity contribution >= 4 is 35.0 Å². The minimum Gasteiger partial charge on any atom is -0.465 e. The summed E-state index contributed by atoms with van der Waals surface area (Å²) in [7, 11) is 1.33. The molecule has 3 aromatic rings. The molecule has 1 aromatic heterocycles. The Labute approximate surface area is 162 Å². The summed E-state index contributed by atoms with van der Waals surface area (Å²) >= 11 is 6.23. The number of halogens is 1. The van der Waals surface area contributed by atoms with Gasteiger partial charge in [0, 0.05) is 18.3 Å². The van der Waals surface area contributed by atoms with Crippen molar-refractivity contribution in [3.8, 4) is 0 Å². The third-order valence-electron chi connectivity index (χ3n) is 3.80. The predicted octanol–water partition coefficient (Wildman–Crippen LogP) is 4.58. The van der Waals surface area contributed by atoms with E-state index in [9.17, 15) is 4.79 Å². The monoisotopic (exact) mass is 382 g/mol. The topological polar surface area (TPSA) is 76.1 Å². The zero-order valence-electron chi connectivity index (χ0n) is 15.0. The predicted molar refractivity (Wildman–Crippen MR) is 107 cm³/mol. The minimum absolute atomic E-state index is 0.384. The minimum atomic E-state index is -0.440. The molecule has 0 aliphatic carbocycles. The van der Waals surface area contributed by atoms with E-state index in [2.05, 4.69) is 20.6 Å². The second-order valence-corrected chi connectivity index (χ2v) is 6.28. The number of hydrogen-bond acceptors (Lipinski definition) is 6. The van der Waals surface area contributed by atoms with E-state index < -0.39 is 5.97 Å². The molecular formula is C20H19ClN4O2. The van der Waals surface area contributed by atoms with Crippen LogP contribution in [0.3, 0.4) is 0 Å². The smallest absolute Gasteiger partial charge is 0.337 e. The number of nitrogens with zero attached hydrogens (tertiary/aromatic N) is 2. The van der Waals surface area contributed by atoms with Crippen LogP contribution in [-0.2, 0) is 11.3 Å². The Morgan fingerprint density at radius 1 is 1.11 bits per heavy atom. The van der Waals surface area contributed by atoms with E-state index >= 15 is 0 Å². The summed E-state index contributed by atoms with van der Waals surface area (Å²) in [5.41, 5.74) is 2.86. The van der Waals surface area contributed by atoms with Crippen LogP contribution in [-0.4, -0.2) is 23.0 Å². The number of aromatic nitrogens is 2. The van der Waals surface area contributed by atoms with Crippen molar-refractivity contribution in [3.63, 3.8) is 0 Å². The van der Waals surface area contributed by atoms with E-state index in [4.69, 9.17) is 16.3 Å². The van der Waals surface area contributed by atoms with E-state index in [0.29, 0.717) is 34.6 Å². The van der Waals surface area contributed by atoms with Gasteiger partial charge in [0.05, 0.1) is 23.4 Å². The fraction of sp³-hybridized carbons (Fsp3) is 0.150. The summed E-state index contributed by atoms with van der Waals surface area (Å²) in [6, 6.07) is 16.7. The van der Waals surface area contributed by atoms with E-state index in [-0.39, 0.29) is 0 Å². The Bertz CT molecular complexity index is 948. The summed E-state index contributed by atoms with van der Waals surface area (Å²) in [6.45, 7) is 2.53. The third-order valence-corrected chi connectivity index (χ3v) is 4.13. The fourth-order valence-corrected chi connectivity index (χ4v) is 2.65. The maximum Gasteiger partial charge on any atom is 0.337 e. The largest absolute Gasteiger partial charge is 0.465 e. The summed E-state index contributed by atoms with van der Waals surface area (Å²) in [5, 5.41) is 6.80. The van der Waals surface area contributed by atoms with Gasteiger partial charge in [0.1, 0.15) is 5.82 Å². The Morgan fingerprint density at radius 3 is 2.63 bits per heavy atom. The lowest BCUT2D eigenvalue weighted by Gasteiger charge is -2.12. The van der Waals surface area contributed by atoms with Gasteiger partial charge in [-0.25, -0.2) is 9.78 Å². The Morgan fingerprint density at radius 2 is 1.89 bits per heavy atom. The molecule has 0 unspecified atom stereocenters. The van der Waals surface area contributed by atoms with Gasteiger partial charge in [0.25, 0.3) is 0 Å². The highest BCUT2D eigenvalue weighted by Crippen LogP contribution is 2.26. The first-order chi connectivity index (χ1) is 13.0. The van der Waals surface area contributed by atoms with Gasteiger partial charge >= 0.3 is 5.97 Å². The van der Waals surface area contributed by atoms with Gasteiger partial charge < -0.3 is 15.4 Å². The lowest BCUT2D eigenvalue weighted by Crippen LogP contribution is -2.06. The number of carbonyl (C=O) groups is 1. The van der Waals surface area contributed by atoms with E-state index in [0.717, 1.165) is 11.3 Å². The molecule has 0 spiro atoms. The van der Waals surface area contributed by atoms with E-state index in [1.165, 1.54) is 7.11 Å². The molecule has 2 N–H and O–H groups in total. The number of nitrogens with one attached hydrogen (secondary N) is 2. The van der Waals surface area contributed by atoms with Crippen molar-refractivity contribution in [2.24, 2.45) is 0 Å². The van der Waals surface area contributed by atoms with Crippen LogP contribution in [0.2, 0.25) is 5.02 Å². The number of methoxy groups -OCH3 is 1. The van der Waals surface area contributed by atoms with Gasteiger partial charge in [-0.3, -0.25) is 0 Å². The zero-order chi connectivity index (χ0) is 19.2. The maximum atomic E-state index is 11.7. The molecule has 0 aliphatic rings. The number of benzene rings is 2. The molecule has 138 valence electrons. The average molecular weight is 383 g/mol. The molecule has 0 bridgehead atoms. The summed E-state index contributed by atoms with van der Waals surface area (Å²) in [5.74, 6) is 0.633. The lowest BCUT2D eigenvalue weighted by molar-refractivity contribution is 0.0601. The molecule has 0 saturated carbocycles. The molecule has 0 atom stereocenters. The Balaban J connectivity index is 1.79. The van der Waals surface area contributed by atoms with Gasteiger partial charge in [-0.15, -0.1) is 0 Å². The van der Waals surface area contributed by atoms with Crippen LogP contribution in [0, 0.1) is 6.92 Å². The molecule has 6 nitrogen and oxygen atoms in total. The molecule has 27 heavy (non-hydrogen) atoms. The van der Waals surface area contributed by atoms with Gasteiger partial charge in [-0.05, 0) is 30.7 Å². The van der Waals surface area contributed by atoms with Crippen molar-refractivity contribution in [1.29, 1.82) is 0 Å². The summed E-state index contributed by atoms with van der Waals surface area (Å²) < 4.78 is 4.74. The molecular weight excluding hydrogens is 364 g/mol. The number of hydrogen-bond donors (Lipinski definition) is 2. The van der Waals surface area contributed by atoms with Crippen molar-refractivity contribution in [1.82, 2.24) is 9.97 Å². The van der Waals surface area contributed by atoms with E-state index in [1.807, 2.05) is 43.3 Å². The molecule has 0 radical (unpaired) electrons. The number of rotatable bonds is 6.